The number of sulfonamides is 1. The first kappa shape index (κ1) is 21.8. The molecule has 0 atom stereocenters. The Morgan fingerprint density at radius 1 is 1.00 bits per heavy atom. The lowest BCUT2D eigenvalue weighted by molar-refractivity contribution is -0.116. The van der Waals surface area contributed by atoms with Crippen LogP contribution in [0.2, 0.25) is 0 Å². The van der Waals surface area contributed by atoms with E-state index in [-0.39, 0.29) is 13.0 Å². The van der Waals surface area contributed by atoms with Crippen LogP contribution in [0.25, 0.3) is 0 Å². The van der Waals surface area contributed by atoms with E-state index in [2.05, 4.69) is 0 Å². The van der Waals surface area contributed by atoms with E-state index in [0.717, 1.165) is 18.2 Å². The average Bonchev–Trinajstić information content (AvgIpc) is 2.61. The van der Waals surface area contributed by atoms with Crippen molar-refractivity contribution in [1.82, 2.24) is 4.31 Å². The largest absolute Gasteiger partial charge is 0.322 e. The summed E-state index contributed by atoms with van der Waals surface area (Å²) < 4.78 is 92.6. The number of carbonyl (C=O) groups is 1. The molecule has 0 saturated carbocycles. The summed E-state index contributed by atoms with van der Waals surface area (Å²) in [5.41, 5.74) is -0.689. The van der Waals surface area contributed by atoms with Crippen molar-refractivity contribution in [3.05, 3.63) is 59.4 Å². The highest BCUT2D eigenvalue weighted by Crippen LogP contribution is 2.22. The zero-order valence-corrected chi connectivity index (χ0v) is 15.3. The van der Waals surface area contributed by atoms with Crippen molar-refractivity contribution in [3.63, 3.8) is 0 Å². The third-order valence-electron chi connectivity index (χ3n) is 3.61. The van der Waals surface area contributed by atoms with Crippen LogP contribution in [0.15, 0.2) is 35.2 Å². The lowest BCUT2D eigenvalue weighted by Gasteiger charge is -2.21. The molecule has 2 aromatic rings. The molecule has 1 amide bonds. The first-order chi connectivity index (χ1) is 13.1. The van der Waals surface area contributed by atoms with E-state index in [9.17, 15) is 35.2 Å². The lowest BCUT2D eigenvalue weighted by atomic mass is 10.2. The number of hydrogen-bond donors (Lipinski definition) is 1. The van der Waals surface area contributed by atoms with Gasteiger partial charge in [-0.2, -0.15) is 4.31 Å². The summed E-state index contributed by atoms with van der Waals surface area (Å²) in [6.07, 6.45) is 0.245. The van der Waals surface area contributed by atoms with Crippen molar-refractivity contribution in [1.29, 1.82) is 0 Å². The van der Waals surface area contributed by atoms with Crippen molar-refractivity contribution in [2.24, 2.45) is 0 Å². The van der Waals surface area contributed by atoms with E-state index in [0.29, 0.717) is 16.4 Å². The molecule has 0 aromatic heterocycles. The van der Waals surface area contributed by atoms with Gasteiger partial charge in [-0.3, -0.25) is 4.79 Å². The van der Waals surface area contributed by atoms with Gasteiger partial charge in [-0.15, -0.1) is 0 Å². The van der Waals surface area contributed by atoms with Crippen molar-refractivity contribution >= 4 is 21.6 Å². The standard InChI is InChI=1S/C17H15F5N2O3S/c1-2-7-24(28(26,27)14-6-3-10(18)8-12(14)20)9-15(25)23-13-5-4-11(19)16(21)17(13)22/h3-6,8H,2,7,9H2,1H3,(H,23,25). The molecule has 2 rings (SSSR count). The molecule has 152 valence electrons. The quantitative estimate of drug-likeness (QED) is 0.549. The molecule has 0 aliphatic heterocycles. The Kier molecular flexibility index (Phi) is 6.73. The second-order valence-electron chi connectivity index (χ2n) is 5.68. The molecule has 5 nitrogen and oxygen atoms in total. The Balaban J connectivity index is 2.27. The second-order valence-corrected chi connectivity index (χ2v) is 7.59. The molecule has 0 fully saturated rings. The van der Waals surface area contributed by atoms with Gasteiger partial charge in [0.05, 0.1) is 12.2 Å². The third kappa shape index (κ3) is 4.65. The van der Waals surface area contributed by atoms with Gasteiger partial charge >= 0.3 is 0 Å². The molecule has 0 radical (unpaired) electrons. The van der Waals surface area contributed by atoms with Crippen LogP contribution < -0.4 is 5.32 Å². The maximum Gasteiger partial charge on any atom is 0.246 e. The zero-order chi connectivity index (χ0) is 21.1. The van der Waals surface area contributed by atoms with Crippen LogP contribution in [-0.4, -0.2) is 31.7 Å². The molecule has 0 saturated heterocycles. The van der Waals surface area contributed by atoms with Crippen LogP contribution in [0.5, 0.6) is 0 Å². The van der Waals surface area contributed by atoms with Crippen molar-refractivity contribution in [3.8, 4) is 0 Å². The molecular formula is C17H15F5N2O3S. The van der Waals surface area contributed by atoms with Crippen LogP contribution in [0.4, 0.5) is 27.6 Å². The fourth-order valence-corrected chi connectivity index (χ4v) is 3.86. The topological polar surface area (TPSA) is 66.5 Å². The highest BCUT2D eigenvalue weighted by atomic mass is 32.2. The molecule has 0 heterocycles. The summed E-state index contributed by atoms with van der Waals surface area (Å²) in [5.74, 6) is -8.30. The fourth-order valence-electron chi connectivity index (χ4n) is 2.33. The second kappa shape index (κ2) is 8.65. The van der Waals surface area contributed by atoms with E-state index in [4.69, 9.17) is 0 Å². The predicted octanol–water partition coefficient (Wildman–Crippen LogP) is 3.42. The molecule has 0 aliphatic carbocycles. The number of benzene rings is 2. The first-order valence-electron chi connectivity index (χ1n) is 7.96. The van der Waals surface area contributed by atoms with Crippen LogP contribution in [0, 0.1) is 29.1 Å². The first-order valence-corrected chi connectivity index (χ1v) is 9.40. The summed E-state index contributed by atoms with van der Waals surface area (Å²) in [6, 6.07) is 3.20. The maximum atomic E-state index is 13.9. The maximum absolute atomic E-state index is 13.9. The van der Waals surface area contributed by atoms with Gasteiger partial charge in [0.1, 0.15) is 16.5 Å². The minimum absolute atomic E-state index is 0.202. The van der Waals surface area contributed by atoms with Crippen LogP contribution in [0.1, 0.15) is 13.3 Å². The van der Waals surface area contributed by atoms with Gasteiger partial charge in [-0.25, -0.2) is 30.4 Å². The van der Waals surface area contributed by atoms with E-state index in [1.165, 1.54) is 0 Å². The van der Waals surface area contributed by atoms with Gasteiger partial charge in [0, 0.05) is 12.6 Å². The van der Waals surface area contributed by atoms with E-state index in [1.54, 1.807) is 6.92 Å². The Morgan fingerprint density at radius 3 is 2.29 bits per heavy atom. The average molecular weight is 422 g/mol. The number of rotatable bonds is 7. The highest BCUT2D eigenvalue weighted by Gasteiger charge is 2.29. The number of hydrogen-bond acceptors (Lipinski definition) is 3. The molecule has 0 aliphatic rings. The highest BCUT2D eigenvalue weighted by molar-refractivity contribution is 7.89. The van der Waals surface area contributed by atoms with Crippen LogP contribution in [0.3, 0.4) is 0 Å². The minimum Gasteiger partial charge on any atom is -0.322 e. The number of nitrogens with zero attached hydrogens (tertiary/aromatic N) is 1. The third-order valence-corrected chi connectivity index (χ3v) is 5.49. The Bertz CT molecular complexity index is 999. The summed E-state index contributed by atoms with van der Waals surface area (Å²) in [6.45, 7) is 0.536. The Labute approximate surface area is 157 Å². The smallest absolute Gasteiger partial charge is 0.246 e. The summed E-state index contributed by atoms with van der Waals surface area (Å²) in [5, 5.41) is 1.93. The van der Waals surface area contributed by atoms with Crippen molar-refractivity contribution < 1.29 is 35.2 Å². The predicted molar refractivity (Wildman–Crippen MR) is 90.4 cm³/mol. The van der Waals surface area contributed by atoms with Gasteiger partial charge in [0.25, 0.3) is 0 Å². The number of carbonyl (C=O) groups excluding carboxylic acids is 1. The van der Waals surface area contributed by atoms with Crippen molar-refractivity contribution in [2.75, 3.05) is 18.4 Å². The normalized spacial score (nSPS) is 11.7. The number of halogens is 5. The van der Waals surface area contributed by atoms with E-state index < -0.39 is 62.1 Å². The molecule has 2 aromatic carbocycles. The SMILES string of the molecule is CCCN(CC(=O)Nc1ccc(F)c(F)c1F)S(=O)(=O)c1ccc(F)cc1F. The minimum atomic E-state index is -4.52. The van der Waals surface area contributed by atoms with Crippen LogP contribution in [-0.2, 0) is 14.8 Å². The molecule has 1 N–H and O–H groups in total. The summed E-state index contributed by atoms with van der Waals surface area (Å²) in [4.78, 5) is 11.3. The van der Waals surface area contributed by atoms with Crippen molar-refractivity contribution in [2.45, 2.75) is 18.2 Å². The van der Waals surface area contributed by atoms with Gasteiger partial charge in [-0.1, -0.05) is 6.92 Å². The van der Waals surface area contributed by atoms with Gasteiger partial charge < -0.3 is 5.32 Å². The Hall–Kier alpha value is -2.53. The molecular weight excluding hydrogens is 407 g/mol. The molecule has 28 heavy (non-hydrogen) atoms. The zero-order valence-electron chi connectivity index (χ0n) is 14.5. The van der Waals surface area contributed by atoms with Gasteiger partial charge in [0.15, 0.2) is 17.5 Å². The summed E-state index contributed by atoms with van der Waals surface area (Å²) in [7, 11) is -4.52. The van der Waals surface area contributed by atoms with Gasteiger partial charge in [-0.05, 0) is 30.7 Å². The molecule has 11 heteroatoms. The molecule has 0 bridgehead atoms. The number of amides is 1. The van der Waals surface area contributed by atoms with E-state index in [1.807, 2.05) is 5.32 Å². The molecule has 0 spiro atoms. The lowest BCUT2D eigenvalue weighted by Crippen LogP contribution is -2.39. The summed E-state index contributed by atoms with van der Waals surface area (Å²) >= 11 is 0. The van der Waals surface area contributed by atoms with E-state index >= 15 is 0 Å². The monoisotopic (exact) mass is 422 g/mol. The Morgan fingerprint density at radius 2 is 1.68 bits per heavy atom. The number of nitrogens with one attached hydrogen (secondary N) is 1. The molecule has 0 unspecified atom stereocenters. The van der Waals surface area contributed by atoms with Gasteiger partial charge in [0.2, 0.25) is 15.9 Å². The van der Waals surface area contributed by atoms with Crippen LogP contribution >= 0.6 is 0 Å². The number of anilines is 1. The fraction of sp³-hybridized carbons (Fsp3) is 0.235.